The van der Waals surface area contributed by atoms with E-state index in [4.69, 9.17) is 0 Å². The van der Waals surface area contributed by atoms with E-state index in [1.165, 1.54) is 12.8 Å². The van der Waals surface area contributed by atoms with Crippen LogP contribution in [0.3, 0.4) is 0 Å². The van der Waals surface area contributed by atoms with Gasteiger partial charge in [-0.2, -0.15) is 0 Å². The lowest BCUT2D eigenvalue weighted by atomic mass is 9.94. The maximum absolute atomic E-state index is 11.9. The van der Waals surface area contributed by atoms with Crippen molar-refractivity contribution >= 4 is 11.8 Å². The maximum Gasteiger partial charge on any atom is 0.243 e. The van der Waals surface area contributed by atoms with Crippen molar-refractivity contribution in [2.45, 2.75) is 58.9 Å². The molecule has 0 bridgehead atoms. The number of nitrogens with zero attached hydrogens (tertiary/aromatic N) is 1. The SMILES string of the molecule is CCCCCCN1C(=O)CNC(=O)C1C(C)CC. The third-order valence-electron chi connectivity index (χ3n) is 3.77. The number of amides is 2. The summed E-state index contributed by atoms with van der Waals surface area (Å²) in [6.07, 6.45) is 5.43. The van der Waals surface area contributed by atoms with Crippen LogP contribution in [0.1, 0.15) is 52.9 Å². The highest BCUT2D eigenvalue weighted by Gasteiger charge is 2.36. The molecule has 0 aromatic rings. The van der Waals surface area contributed by atoms with Gasteiger partial charge in [0.05, 0.1) is 6.54 Å². The Morgan fingerprint density at radius 1 is 1.28 bits per heavy atom. The molecule has 2 atom stereocenters. The van der Waals surface area contributed by atoms with Crippen LogP contribution in [0.2, 0.25) is 0 Å². The molecule has 0 radical (unpaired) electrons. The van der Waals surface area contributed by atoms with E-state index >= 15 is 0 Å². The van der Waals surface area contributed by atoms with E-state index < -0.39 is 0 Å². The van der Waals surface area contributed by atoms with E-state index in [1.54, 1.807) is 4.90 Å². The molecule has 0 saturated carbocycles. The van der Waals surface area contributed by atoms with Gasteiger partial charge in [-0.05, 0) is 12.3 Å². The first-order valence-electron chi connectivity index (χ1n) is 7.19. The summed E-state index contributed by atoms with van der Waals surface area (Å²) < 4.78 is 0. The molecule has 1 saturated heterocycles. The summed E-state index contributed by atoms with van der Waals surface area (Å²) in [7, 11) is 0. The molecule has 1 fully saturated rings. The second kappa shape index (κ2) is 7.39. The molecule has 0 aromatic heterocycles. The van der Waals surface area contributed by atoms with Gasteiger partial charge in [0.2, 0.25) is 11.8 Å². The molecule has 0 aromatic carbocycles. The minimum absolute atomic E-state index is 0.0134. The van der Waals surface area contributed by atoms with Crippen molar-refractivity contribution in [2.75, 3.05) is 13.1 Å². The number of carbonyl (C=O) groups is 2. The molecule has 4 nitrogen and oxygen atoms in total. The Balaban J connectivity index is 2.61. The van der Waals surface area contributed by atoms with Crippen molar-refractivity contribution in [3.63, 3.8) is 0 Å². The van der Waals surface area contributed by atoms with Crippen LogP contribution < -0.4 is 5.32 Å². The lowest BCUT2D eigenvalue weighted by Gasteiger charge is -2.38. The van der Waals surface area contributed by atoms with Gasteiger partial charge in [-0.15, -0.1) is 0 Å². The average Bonchev–Trinajstić information content (AvgIpc) is 2.37. The molecule has 2 amide bonds. The Hall–Kier alpha value is -1.06. The summed E-state index contributed by atoms with van der Waals surface area (Å²) in [6, 6.07) is -0.266. The monoisotopic (exact) mass is 254 g/mol. The lowest BCUT2D eigenvalue weighted by molar-refractivity contribution is -0.147. The summed E-state index contributed by atoms with van der Waals surface area (Å²) in [4.78, 5) is 25.7. The molecule has 4 heteroatoms. The first kappa shape index (κ1) is 15.0. The van der Waals surface area contributed by atoms with Gasteiger partial charge in [0.25, 0.3) is 0 Å². The first-order chi connectivity index (χ1) is 8.61. The summed E-state index contributed by atoms with van der Waals surface area (Å²) in [6.45, 7) is 7.16. The first-order valence-corrected chi connectivity index (χ1v) is 7.19. The van der Waals surface area contributed by atoms with Crippen molar-refractivity contribution in [1.29, 1.82) is 0 Å². The van der Waals surface area contributed by atoms with E-state index in [0.29, 0.717) is 0 Å². The topological polar surface area (TPSA) is 49.4 Å². The highest BCUT2D eigenvalue weighted by atomic mass is 16.2. The van der Waals surface area contributed by atoms with Gasteiger partial charge in [-0.1, -0.05) is 46.5 Å². The second-order valence-corrected chi connectivity index (χ2v) is 5.20. The van der Waals surface area contributed by atoms with Crippen molar-refractivity contribution in [3.8, 4) is 0 Å². The third kappa shape index (κ3) is 3.72. The molecule has 0 aliphatic carbocycles. The molecule has 104 valence electrons. The Kier molecular flexibility index (Phi) is 6.16. The van der Waals surface area contributed by atoms with Gasteiger partial charge in [0.15, 0.2) is 0 Å². The summed E-state index contributed by atoms with van der Waals surface area (Å²) >= 11 is 0. The fourth-order valence-electron chi connectivity index (χ4n) is 2.43. The summed E-state index contributed by atoms with van der Waals surface area (Å²) in [5.41, 5.74) is 0. The lowest BCUT2D eigenvalue weighted by Crippen LogP contribution is -2.60. The van der Waals surface area contributed by atoms with Gasteiger partial charge >= 0.3 is 0 Å². The number of carbonyl (C=O) groups excluding carboxylic acids is 2. The molecule has 2 unspecified atom stereocenters. The fraction of sp³-hybridized carbons (Fsp3) is 0.857. The Labute approximate surface area is 110 Å². The highest BCUT2D eigenvalue weighted by Crippen LogP contribution is 2.19. The number of rotatable bonds is 7. The molecule has 1 aliphatic rings. The molecule has 1 aliphatic heterocycles. The van der Waals surface area contributed by atoms with E-state index in [1.807, 2.05) is 6.92 Å². The highest BCUT2D eigenvalue weighted by molar-refractivity contribution is 5.94. The summed E-state index contributed by atoms with van der Waals surface area (Å²) in [5, 5.41) is 2.70. The second-order valence-electron chi connectivity index (χ2n) is 5.20. The van der Waals surface area contributed by atoms with Crippen molar-refractivity contribution in [1.82, 2.24) is 10.2 Å². The Morgan fingerprint density at radius 3 is 2.61 bits per heavy atom. The fourth-order valence-corrected chi connectivity index (χ4v) is 2.43. The van der Waals surface area contributed by atoms with Crippen LogP contribution in [-0.4, -0.2) is 35.8 Å². The number of piperazine rings is 1. The average molecular weight is 254 g/mol. The molecule has 18 heavy (non-hydrogen) atoms. The van der Waals surface area contributed by atoms with E-state index in [-0.39, 0.29) is 30.3 Å². The summed E-state index contributed by atoms with van der Waals surface area (Å²) in [5.74, 6) is 0.302. The van der Waals surface area contributed by atoms with Crippen molar-refractivity contribution in [2.24, 2.45) is 5.92 Å². The van der Waals surface area contributed by atoms with Crippen LogP contribution in [0.4, 0.5) is 0 Å². The standard InChI is InChI=1S/C14H26N2O2/c1-4-6-7-8-9-16-12(17)10-15-14(18)13(16)11(3)5-2/h11,13H,4-10H2,1-3H3,(H,15,18). The number of hydrogen-bond donors (Lipinski definition) is 1. The van der Waals surface area contributed by atoms with E-state index in [2.05, 4.69) is 19.2 Å². The van der Waals surface area contributed by atoms with Gasteiger partial charge in [-0.3, -0.25) is 9.59 Å². The van der Waals surface area contributed by atoms with E-state index in [0.717, 1.165) is 25.8 Å². The number of hydrogen-bond acceptors (Lipinski definition) is 2. The van der Waals surface area contributed by atoms with Crippen LogP contribution in [0, 0.1) is 5.92 Å². The van der Waals surface area contributed by atoms with Gasteiger partial charge in [-0.25, -0.2) is 0 Å². The van der Waals surface area contributed by atoms with E-state index in [9.17, 15) is 9.59 Å². The molecular formula is C14H26N2O2. The maximum atomic E-state index is 11.9. The van der Waals surface area contributed by atoms with Crippen molar-refractivity contribution in [3.05, 3.63) is 0 Å². The predicted octanol–water partition coefficient (Wildman–Crippen LogP) is 1.94. The largest absolute Gasteiger partial charge is 0.345 e. The van der Waals surface area contributed by atoms with Gasteiger partial charge < -0.3 is 10.2 Å². The molecule has 1 rings (SSSR count). The third-order valence-corrected chi connectivity index (χ3v) is 3.77. The van der Waals surface area contributed by atoms with Crippen LogP contribution in [0.15, 0.2) is 0 Å². The Bertz CT molecular complexity index is 292. The van der Waals surface area contributed by atoms with Crippen LogP contribution in [0.25, 0.3) is 0 Å². The van der Waals surface area contributed by atoms with Crippen molar-refractivity contribution < 1.29 is 9.59 Å². The molecular weight excluding hydrogens is 228 g/mol. The Morgan fingerprint density at radius 2 is 2.00 bits per heavy atom. The molecule has 1 heterocycles. The molecule has 0 spiro atoms. The zero-order valence-corrected chi connectivity index (χ0v) is 11.9. The molecule has 1 N–H and O–H groups in total. The number of unbranched alkanes of at least 4 members (excludes halogenated alkanes) is 3. The number of nitrogens with one attached hydrogen (secondary N) is 1. The predicted molar refractivity (Wildman–Crippen MR) is 72.1 cm³/mol. The minimum Gasteiger partial charge on any atom is -0.345 e. The van der Waals surface area contributed by atoms with Gasteiger partial charge in [0, 0.05) is 6.54 Å². The normalized spacial score (nSPS) is 21.9. The zero-order valence-electron chi connectivity index (χ0n) is 11.9. The smallest absolute Gasteiger partial charge is 0.243 e. The van der Waals surface area contributed by atoms with Crippen LogP contribution in [-0.2, 0) is 9.59 Å². The minimum atomic E-state index is -0.266. The van der Waals surface area contributed by atoms with Crippen LogP contribution >= 0.6 is 0 Å². The zero-order chi connectivity index (χ0) is 13.5. The van der Waals surface area contributed by atoms with Crippen LogP contribution in [0.5, 0.6) is 0 Å². The van der Waals surface area contributed by atoms with Gasteiger partial charge in [0.1, 0.15) is 6.04 Å². The quantitative estimate of drug-likeness (QED) is 0.706.